The van der Waals surface area contributed by atoms with Crippen LogP contribution in [0.4, 0.5) is 0 Å². The van der Waals surface area contributed by atoms with Gasteiger partial charge in [0.2, 0.25) is 0 Å². The van der Waals surface area contributed by atoms with E-state index in [0.29, 0.717) is 24.1 Å². The molecule has 0 spiro atoms. The highest BCUT2D eigenvalue weighted by Gasteiger charge is 2.11. The van der Waals surface area contributed by atoms with Gasteiger partial charge < -0.3 is 20.1 Å². The third-order valence-electron chi connectivity index (χ3n) is 3.78. The summed E-state index contributed by atoms with van der Waals surface area (Å²) >= 11 is 6.06. The highest BCUT2D eigenvalue weighted by molar-refractivity contribution is 14.0. The molecule has 142 valence electrons. The summed E-state index contributed by atoms with van der Waals surface area (Å²) in [7, 11) is 5.08. The van der Waals surface area contributed by atoms with Crippen LogP contribution in [0.2, 0.25) is 5.02 Å². The van der Waals surface area contributed by atoms with Crippen molar-refractivity contribution in [1.29, 1.82) is 0 Å². The van der Waals surface area contributed by atoms with Crippen LogP contribution in [-0.2, 0) is 11.3 Å². The van der Waals surface area contributed by atoms with E-state index in [9.17, 15) is 0 Å². The largest absolute Gasteiger partial charge is 0.497 e. The molecular weight excluding hydrogens is 465 g/mol. The fourth-order valence-corrected chi connectivity index (χ4v) is 2.62. The molecule has 0 bridgehead atoms. The molecule has 5 nitrogen and oxygen atoms in total. The van der Waals surface area contributed by atoms with Gasteiger partial charge in [-0.1, -0.05) is 35.9 Å². The molecule has 26 heavy (non-hydrogen) atoms. The Morgan fingerprint density at radius 1 is 1.12 bits per heavy atom. The van der Waals surface area contributed by atoms with E-state index in [1.54, 1.807) is 21.3 Å². The topological polar surface area (TPSA) is 54.9 Å². The Hall–Kier alpha value is -1.51. The second-order valence-corrected chi connectivity index (χ2v) is 5.87. The summed E-state index contributed by atoms with van der Waals surface area (Å²) in [6.45, 7) is 1.22. The maximum Gasteiger partial charge on any atom is 0.191 e. The Morgan fingerprint density at radius 2 is 1.88 bits per heavy atom. The van der Waals surface area contributed by atoms with Gasteiger partial charge in [0.05, 0.1) is 13.2 Å². The van der Waals surface area contributed by atoms with Gasteiger partial charge in [-0.3, -0.25) is 4.99 Å². The molecule has 7 heteroatoms. The molecule has 0 amide bonds. The zero-order valence-corrected chi connectivity index (χ0v) is 18.2. The van der Waals surface area contributed by atoms with Crippen molar-refractivity contribution in [3.63, 3.8) is 0 Å². The Morgan fingerprint density at radius 3 is 2.54 bits per heavy atom. The predicted molar refractivity (Wildman–Crippen MR) is 118 cm³/mol. The van der Waals surface area contributed by atoms with Gasteiger partial charge in [0.1, 0.15) is 5.75 Å². The lowest BCUT2D eigenvalue weighted by molar-refractivity contribution is 0.106. The third-order valence-corrected chi connectivity index (χ3v) is 4.01. The Kier molecular flexibility index (Phi) is 10.4. The van der Waals surface area contributed by atoms with Gasteiger partial charge in [-0.25, -0.2) is 0 Å². The summed E-state index contributed by atoms with van der Waals surface area (Å²) in [5.74, 6) is 1.54. The molecule has 0 aliphatic rings. The van der Waals surface area contributed by atoms with Crippen molar-refractivity contribution in [2.75, 3.05) is 27.8 Å². The van der Waals surface area contributed by atoms with Crippen molar-refractivity contribution in [2.24, 2.45) is 4.99 Å². The average molecular weight is 490 g/mol. The maximum absolute atomic E-state index is 6.06. The number of nitrogens with one attached hydrogen (secondary N) is 2. The van der Waals surface area contributed by atoms with Gasteiger partial charge in [0, 0.05) is 32.3 Å². The van der Waals surface area contributed by atoms with Gasteiger partial charge in [-0.2, -0.15) is 0 Å². The molecule has 0 aliphatic heterocycles. The first kappa shape index (κ1) is 22.5. The van der Waals surface area contributed by atoms with Crippen LogP contribution in [0, 0.1) is 0 Å². The highest BCUT2D eigenvalue weighted by atomic mass is 127. The van der Waals surface area contributed by atoms with Crippen LogP contribution >= 0.6 is 35.6 Å². The van der Waals surface area contributed by atoms with Gasteiger partial charge in [0.25, 0.3) is 0 Å². The molecule has 1 unspecified atom stereocenters. The zero-order valence-electron chi connectivity index (χ0n) is 15.2. The number of methoxy groups -OCH3 is 2. The predicted octanol–water partition coefficient (Wildman–Crippen LogP) is 4.02. The highest BCUT2D eigenvalue weighted by Crippen LogP contribution is 2.19. The van der Waals surface area contributed by atoms with Crippen molar-refractivity contribution >= 4 is 41.5 Å². The number of aliphatic imine (C=N–C) groups is 1. The molecule has 2 aromatic carbocycles. The number of halogens is 2. The number of hydrogen-bond acceptors (Lipinski definition) is 3. The fourth-order valence-electron chi connectivity index (χ4n) is 2.42. The van der Waals surface area contributed by atoms with Crippen LogP contribution in [-0.4, -0.2) is 33.8 Å². The number of nitrogens with zero attached hydrogens (tertiary/aromatic N) is 1. The molecule has 0 aliphatic carbocycles. The molecular formula is C19H25ClIN3O2. The smallest absolute Gasteiger partial charge is 0.191 e. The molecule has 2 N–H and O–H groups in total. The summed E-state index contributed by atoms with van der Waals surface area (Å²) in [5.41, 5.74) is 2.13. The van der Waals surface area contributed by atoms with Crippen LogP contribution in [0.5, 0.6) is 5.75 Å². The molecule has 0 saturated heterocycles. The second-order valence-electron chi connectivity index (χ2n) is 5.44. The summed E-state index contributed by atoms with van der Waals surface area (Å²) in [6, 6.07) is 15.6. The monoisotopic (exact) mass is 489 g/mol. The molecule has 0 heterocycles. The minimum absolute atomic E-state index is 0. The van der Waals surface area contributed by atoms with E-state index in [4.69, 9.17) is 21.1 Å². The normalized spacial score (nSPS) is 12.1. The first-order valence-corrected chi connectivity index (χ1v) is 8.39. The zero-order chi connectivity index (χ0) is 18.1. The van der Waals surface area contributed by atoms with Crippen molar-refractivity contribution in [2.45, 2.75) is 12.6 Å². The fraction of sp³-hybridized carbons (Fsp3) is 0.316. The number of guanidine groups is 1. The van der Waals surface area contributed by atoms with Crippen molar-refractivity contribution in [3.8, 4) is 5.75 Å². The lowest BCUT2D eigenvalue weighted by atomic mass is 10.1. The number of hydrogen-bond donors (Lipinski definition) is 2. The van der Waals surface area contributed by atoms with Crippen molar-refractivity contribution in [1.82, 2.24) is 10.6 Å². The van der Waals surface area contributed by atoms with E-state index in [1.807, 2.05) is 48.5 Å². The van der Waals surface area contributed by atoms with E-state index in [0.717, 1.165) is 16.9 Å². The minimum Gasteiger partial charge on any atom is -0.497 e. The molecule has 1 atom stereocenters. The van der Waals surface area contributed by atoms with Gasteiger partial charge in [0.15, 0.2) is 5.96 Å². The molecule has 0 saturated carbocycles. The SMILES string of the molecule is CN=C(NCc1cccc(OC)c1)NCC(OC)c1cccc(Cl)c1.I. The summed E-state index contributed by atoms with van der Waals surface area (Å²) < 4.78 is 10.8. The molecule has 0 aromatic heterocycles. The number of benzene rings is 2. The van der Waals surface area contributed by atoms with E-state index in [1.165, 1.54) is 0 Å². The summed E-state index contributed by atoms with van der Waals surface area (Å²) in [4.78, 5) is 4.24. The van der Waals surface area contributed by atoms with Gasteiger partial charge >= 0.3 is 0 Å². The third kappa shape index (κ3) is 7.01. The molecule has 2 aromatic rings. The first-order chi connectivity index (χ1) is 12.2. The summed E-state index contributed by atoms with van der Waals surface area (Å²) in [6.07, 6.45) is -0.117. The number of ether oxygens (including phenoxy) is 2. The van der Waals surface area contributed by atoms with Gasteiger partial charge in [-0.15, -0.1) is 24.0 Å². The molecule has 0 fully saturated rings. The van der Waals surface area contributed by atoms with Gasteiger partial charge in [-0.05, 0) is 35.4 Å². The minimum atomic E-state index is -0.117. The van der Waals surface area contributed by atoms with E-state index in [2.05, 4.69) is 15.6 Å². The summed E-state index contributed by atoms with van der Waals surface area (Å²) in [5, 5.41) is 7.25. The standard InChI is InChI=1S/C19H24ClN3O2.HI/c1-21-19(22-12-14-6-4-9-17(10-14)24-2)23-13-18(25-3)15-7-5-8-16(20)11-15;/h4-11,18H,12-13H2,1-3H3,(H2,21,22,23);1H. The Balaban J connectivity index is 0.00000338. The first-order valence-electron chi connectivity index (χ1n) is 8.02. The van der Waals surface area contributed by atoms with Crippen LogP contribution in [0.1, 0.15) is 17.2 Å². The maximum atomic E-state index is 6.06. The van der Waals surface area contributed by atoms with Crippen LogP contribution < -0.4 is 15.4 Å². The van der Waals surface area contributed by atoms with Crippen molar-refractivity contribution in [3.05, 3.63) is 64.7 Å². The van der Waals surface area contributed by atoms with E-state index >= 15 is 0 Å². The van der Waals surface area contributed by atoms with E-state index < -0.39 is 0 Å². The second kappa shape index (κ2) is 12.0. The van der Waals surface area contributed by atoms with E-state index in [-0.39, 0.29) is 30.1 Å². The average Bonchev–Trinajstić information content (AvgIpc) is 2.65. The molecule has 0 radical (unpaired) electrons. The quantitative estimate of drug-likeness (QED) is 0.350. The Bertz CT molecular complexity index is 713. The van der Waals surface area contributed by atoms with Crippen LogP contribution in [0.3, 0.4) is 0 Å². The number of rotatable bonds is 7. The van der Waals surface area contributed by atoms with Crippen LogP contribution in [0.25, 0.3) is 0 Å². The lowest BCUT2D eigenvalue weighted by Crippen LogP contribution is -2.39. The molecule has 2 rings (SSSR count). The van der Waals surface area contributed by atoms with Crippen LogP contribution in [0.15, 0.2) is 53.5 Å². The van der Waals surface area contributed by atoms with Crippen molar-refractivity contribution < 1.29 is 9.47 Å². The lowest BCUT2D eigenvalue weighted by Gasteiger charge is -2.19. The Labute approximate surface area is 177 Å².